The lowest BCUT2D eigenvalue weighted by Gasteiger charge is -2.42. The average Bonchev–Trinajstić information content (AvgIpc) is 3.19. The van der Waals surface area contributed by atoms with Crippen molar-refractivity contribution in [3.05, 3.63) is 41.1 Å². The lowest BCUT2D eigenvalue weighted by atomic mass is 9.73. The van der Waals surface area contributed by atoms with E-state index >= 15 is 0 Å². The third-order valence-corrected chi connectivity index (χ3v) is 8.55. The first-order valence-electron chi connectivity index (χ1n) is 11.8. The molecule has 2 aliphatic rings. The molecule has 2 aliphatic heterocycles. The number of anilines is 2. The Morgan fingerprint density at radius 2 is 1.91 bits per heavy atom. The molecule has 7 nitrogen and oxygen atoms in total. The second kappa shape index (κ2) is 10.2. The number of benzene rings is 1. The van der Waals surface area contributed by atoms with Gasteiger partial charge in [0, 0.05) is 32.0 Å². The summed E-state index contributed by atoms with van der Waals surface area (Å²) in [7, 11) is 1.77. The van der Waals surface area contributed by atoms with E-state index in [0.717, 1.165) is 31.6 Å². The minimum Gasteiger partial charge on any atom is -0.611 e. The molecule has 180 valence electrons. The number of nitrogens with one attached hydrogen (secondary N) is 1. The summed E-state index contributed by atoms with van der Waals surface area (Å²) in [6, 6.07) is 8.66. The van der Waals surface area contributed by atoms with Crippen LogP contribution in [0.1, 0.15) is 43.5 Å². The quantitative estimate of drug-likeness (QED) is 0.570. The largest absolute Gasteiger partial charge is 0.611 e. The number of aliphatic hydroxyl groups excluding tert-OH is 1. The molecule has 1 fully saturated rings. The molecule has 1 saturated heterocycles. The molecule has 1 aromatic carbocycles. The monoisotopic (exact) mass is 472 g/mol. The Morgan fingerprint density at radius 3 is 2.52 bits per heavy atom. The second-order valence-corrected chi connectivity index (χ2v) is 11.2. The van der Waals surface area contributed by atoms with Gasteiger partial charge in [-0.15, -0.1) is 0 Å². The fourth-order valence-electron chi connectivity index (χ4n) is 4.86. The molecular formula is C25H36N4O3S. The molecule has 1 aromatic heterocycles. The second-order valence-electron chi connectivity index (χ2n) is 9.69. The first-order chi connectivity index (χ1) is 15.9. The lowest BCUT2D eigenvalue weighted by molar-refractivity contribution is 0.112. The van der Waals surface area contributed by atoms with Crippen molar-refractivity contribution in [2.24, 2.45) is 5.92 Å². The van der Waals surface area contributed by atoms with Gasteiger partial charge in [0.1, 0.15) is 11.4 Å². The molecule has 0 radical (unpaired) electrons. The Bertz CT molecular complexity index is 945. The van der Waals surface area contributed by atoms with Crippen molar-refractivity contribution < 1.29 is 14.4 Å². The van der Waals surface area contributed by atoms with E-state index in [4.69, 9.17) is 14.7 Å². The highest BCUT2D eigenvalue weighted by atomic mass is 32.2. The van der Waals surface area contributed by atoms with Gasteiger partial charge in [0.25, 0.3) is 0 Å². The van der Waals surface area contributed by atoms with Crippen LogP contribution in [0.3, 0.4) is 0 Å². The van der Waals surface area contributed by atoms with Gasteiger partial charge in [-0.25, -0.2) is 4.98 Å². The first-order valence-corrected chi connectivity index (χ1v) is 13.2. The van der Waals surface area contributed by atoms with Crippen LogP contribution < -0.4 is 10.2 Å². The number of hydrogen-bond acceptors (Lipinski definition) is 7. The molecule has 3 heterocycles. The van der Waals surface area contributed by atoms with Gasteiger partial charge in [-0.3, -0.25) is 0 Å². The number of methoxy groups -OCH3 is 1. The number of ether oxygens (including phenoxy) is 1. The summed E-state index contributed by atoms with van der Waals surface area (Å²) in [5.74, 6) is 2.10. The van der Waals surface area contributed by atoms with Gasteiger partial charge < -0.3 is 24.6 Å². The minimum atomic E-state index is -1.10. The minimum absolute atomic E-state index is 0.00177. The van der Waals surface area contributed by atoms with Gasteiger partial charge in [-0.2, -0.15) is 4.98 Å². The molecule has 2 aromatic rings. The Kier molecular flexibility index (Phi) is 7.48. The molecule has 1 unspecified atom stereocenters. The molecule has 0 bridgehead atoms. The molecule has 0 saturated carbocycles. The van der Waals surface area contributed by atoms with Crippen LogP contribution in [-0.4, -0.2) is 64.8 Å². The maximum absolute atomic E-state index is 12.7. The van der Waals surface area contributed by atoms with E-state index in [2.05, 4.69) is 55.3 Å². The normalized spacial score (nSPS) is 20.7. The van der Waals surface area contributed by atoms with E-state index in [1.165, 1.54) is 11.1 Å². The Labute approximate surface area is 200 Å². The van der Waals surface area contributed by atoms with Crippen LogP contribution in [0.5, 0.6) is 0 Å². The zero-order chi connectivity index (χ0) is 23.6. The summed E-state index contributed by atoms with van der Waals surface area (Å²) in [6.45, 7) is 8.56. The molecule has 33 heavy (non-hydrogen) atoms. The number of aliphatic hydroxyl groups is 1. The van der Waals surface area contributed by atoms with Gasteiger partial charge in [-0.05, 0) is 42.4 Å². The Morgan fingerprint density at radius 1 is 1.21 bits per heavy atom. The molecule has 2 atom stereocenters. The van der Waals surface area contributed by atoms with Gasteiger partial charge in [0.05, 0.1) is 19.3 Å². The molecule has 2 N–H and O–H groups in total. The number of rotatable bonds is 8. The summed E-state index contributed by atoms with van der Waals surface area (Å²) in [5.41, 5.74) is 3.44. The van der Waals surface area contributed by atoms with Crippen molar-refractivity contribution in [1.29, 1.82) is 0 Å². The van der Waals surface area contributed by atoms with Crippen LogP contribution in [0.2, 0.25) is 0 Å². The van der Waals surface area contributed by atoms with E-state index < -0.39 is 11.2 Å². The van der Waals surface area contributed by atoms with E-state index in [1.807, 2.05) is 0 Å². The number of aryl methyl sites for hydroxylation is 2. The average molecular weight is 473 g/mol. The lowest BCUT2D eigenvalue weighted by Crippen LogP contribution is -2.46. The highest BCUT2D eigenvalue weighted by molar-refractivity contribution is 7.91. The summed E-state index contributed by atoms with van der Waals surface area (Å²) in [6.07, 6.45) is 2.59. The van der Waals surface area contributed by atoms with Crippen molar-refractivity contribution in [3.63, 3.8) is 0 Å². The highest BCUT2D eigenvalue weighted by Crippen LogP contribution is 2.38. The number of hydrogen-bond donors (Lipinski definition) is 2. The maximum atomic E-state index is 12.7. The first kappa shape index (κ1) is 24.3. The van der Waals surface area contributed by atoms with Crippen molar-refractivity contribution >= 4 is 22.9 Å². The molecule has 0 amide bonds. The zero-order valence-electron chi connectivity index (χ0n) is 20.1. The van der Waals surface area contributed by atoms with Crippen molar-refractivity contribution in [1.82, 2.24) is 9.97 Å². The fourth-order valence-corrected chi connectivity index (χ4v) is 6.17. The molecular weight excluding hydrogens is 436 g/mol. The van der Waals surface area contributed by atoms with Gasteiger partial charge in [-0.1, -0.05) is 43.7 Å². The molecule has 8 heteroatoms. The summed E-state index contributed by atoms with van der Waals surface area (Å²) in [5, 5.41) is 13.2. The van der Waals surface area contributed by atoms with E-state index in [9.17, 15) is 9.66 Å². The van der Waals surface area contributed by atoms with Crippen LogP contribution in [0, 0.1) is 12.8 Å². The van der Waals surface area contributed by atoms with Crippen LogP contribution in [0.25, 0.3) is 0 Å². The third kappa shape index (κ3) is 4.99. The molecule has 0 spiro atoms. The molecule has 4 rings (SSSR count). The number of piperidine rings is 1. The fraction of sp³-hybridized carbons (Fsp3) is 0.600. The van der Waals surface area contributed by atoms with Crippen LogP contribution in [-0.2, 0) is 27.7 Å². The van der Waals surface area contributed by atoms with Crippen LogP contribution in [0.4, 0.5) is 11.8 Å². The van der Waals surface area contributed by atoms with Crippen LogP contribution in [0.15, 0.2) is 29.2 Å². The Balaban J connectivity index is 1.59. The summed E-state index contributed by atoms with van der Waals surface area (Å²) < 4.78 is 18.3. The number of nitrogens with zero attached hydrogens (tertiary/aromatic N) is 3. The summed E-state index contributed by atoms with van der Waals surface area (Å²) in [4.78, 5) is 12.6. The number of fused-ring (bicyclic) bond motifs is 1. The maximum Gasteiger partial charge on any atom is 0.227 e. The smallest absolute Gasteiger partial charge is 0.227 e. The van der Waals surface area contributed by atoms with E-state index in [0.29, 0.717) is 35.4 Å². The van der Waals surface area contributed by atoms with Crippen molar-refractivity contribution in [2.75, 3.05) is 49.4 Å². The van der Waals surface area contributed by atoms with E-state index in [1.54, 1.807) is 7.11 Å². The predicted octanol–water partition coefficient (Wildman–Crippen LogP) is 3.06. The molecule has 0 aliphatic carbocycles. The third-order valence-electron chi connectivity index (χ3n) is 7.09. The van der Waals surface area contributed by atoms with Gasteiger partial charge in [0.2, 0.25) is 10.8 Å². The SMILES string of the molecule is COCC1(c2ccc(C)cc2)CCN(c2nc3c(c(N[C@@H](CO)C(C)C)n2)[S+]([O-])CC3)CC1. The zero-order valence-corrected chi connectivity index (χ0v) is 21.0. The van der Waals surface area contributed by atoms with E-state index in [-0.39, 0.29) is 24.0 Å². The topological polar surface area (TPSA) is 93.6 Å². The van der Waals surface area contributed by atoms with Crippen molar-refractivity contribution in [2.45, 2.75) is 56.4 Å². The van der Waals surface area contributed by atoms with Crippen molar-refractivity contribution in [3.8, 4) is 0 Å². The number of aromatic nitrogens is 2. The predicted molar refractivity (Wildman–Crippen MR) is 133 cm³/mol. The van der Waals surface area contributed by atoms with Crippen LogP contribution >= 0.6 is 0 Å². The highest BCUT2D eigenvalue weighted by Gasteiger charge is 2.39. The standard InChI is InChI=1S/C25H36N4O3S/c1-17(2)21(15-30)26-23-22-20(9-14-33(22)31)27-24(28-23)29-12-10-25(11-13-29,16-32-4)19-7-5-18(3)6-8-19/h5-8,17,21,30H,9-16H2,1-4H3,(H,26,27,28)/t21-,33?/m0/s1. The van der Waals surface area contributed by atoms with Gasteiger partial charge >= 0.3 is 0 Å². The Hall–Kier alpha value is -1.87. The van der Waals surface area contributed by atoms with Gasteiger partial charge in [0.15, 0.2) is 5.82 Å². The summed E-state index contributed by atoms with van der Waals surface area (Å²) >= 11 is -1.10.